The number of hydrogen-bond donors (Lipinski definition) is 3. The van der Waals surface area contributed by atoms with Crippen LogP contribution in [0.15, 0.2) is 77.7 Å². The Kier molecular flexibility index (Phi) is 4.97. The lowest BCUT2D eigenvalue weighted by molar-refractivity contribution is 0.424. The van der Waals surface area contributed by atoms with Gasteiger partial charge in [-0.3, -0.25) is 4.72 Å². The maximum atomic E-state index is 13.2. The number of phenols is 1. The molecule has 6 heteroatoms. The molecule has 1 aliphatic heterocycles. The maximum Gasteiger partial charge on any atom is 0.261 e. The van der Waals surface area contributed by atoms with E-state index < -0.39 is 10.0 Å². The van der Waals surface area contributed by atoms with Gasteiger partial charge in [0.05, 0.1) is 16.6 Å². The van der Waals surface area contributed by atoms with Gasteiger partial charge in [-0.25, -0.2) is 8.42 Å². The highest BCUT2D eigenvalue weighted by Gasteiger charge is 2.38. The monoisotopic (exact) mass is 446 g/mol. The topological polar surface area (TPSA) is 78.4 Å². The molecule has 3 N–H and O–H groups in total. The number of benzene rings is 3. The van der Waals surface area contributed by atoms with Gasteiger partial charge in [0.15, 0.2) is 0 Å². The van der Waals surface area contributed by atoms with Crippen LogP contribution in [0.5, 0.6) is 5.75 Å². The van der Waals surface area contributed by atoms with E-state index in [1.54, 1.807) is 24.3 Å². The summed E-state index contributed by atoms with van der Waals surface area (Å²) in [5, 5.41) is 13.3. The van der Waals surface area contributed by atoms with Gasteiger partial charge >= 0.3 is 0 Å². The molecule has 1 heterocycles. The van der Waals surface area contributed by atoms with E-state index in [-0.39, 0.29) is 28.5 Å². The Balaban J connectivity index is 1.50. The second kappa shape index (κ2) is 7.71. The van der Waals surface area contributed by atoms with Gasteiger partial charge in [-0.15, -0.1) is 0 Å². The number of allylic oxidation sites excluding steroid dienone is 2. The Labute approximate surface area is 188 Å². The molecule has 5 nitrogen and oxygen atoms in total. The van der Waals surface area contributed by atoms with Crippen LogP contribution >= 0.6 is 0 Å². The van der Waals surface area contributed by atoms with Crippen molar-refractivity contribution in [3.05, 3.63) is 95.1 Å². The van der Waals surface area contributed by atoms with Crippen molar-refractivity contribution < 1.29 is 13.5 Å². The molecule has 0 saturated carbocycles. The summed E-state index contributed by atoms with van der Waals surface area (Å²) >= 11 is 0. The molecule has 0 bridgehead atoms. The van der Waals surface area contributed by atoms with Crippen molar-refractivity contribution in [3.63, 3.8) is 0 Å². The summed E-state index contributed by atoms with van der Waals surface area (Å²) in [4.78, 5) is 0.267. The van der Waals surface area contributed by atoms with Gasteiger partial charge < -0.3 is 10.4 Å². The van der Waals surface area contributed by atoms with Crippen molar-refractivity contribution in [2.24, 2.45) is 5.92 Å². The number of anilines is 2. The minimum absolute atomic E-state index is 0.0956. The number of aryl methyl sites for hydroxylation is 2. The lowest BCUT2D eigenvalue weighted by Crippen LogP contribution is -2.29. The maximum absolute atomic E-state index is 13.2. The lowest BCUT2D eigenvalue weighted by Gasteiger charge is -2.37. The predicted octanol–water partition coefficient (Wildman–Crippen LogP) is 5.64. The molecule has 0 saturated heterocycles. The molecule has 0 fully saturated rings. The first-order chi connectivity index (χ1) is 15.3. The van der Waals surface area contributed by atoms with Crippen LogP contribution < -0.4 is 10.0 Å². The molecule has 3 atom stereocenters. The van der Waals surface area contributed by atoms with Crippen LogP contribution in [0.4, 0.5) is 11.4 Å². The van der Waals surface area contributed by atoms with Gasteiger partial charge in [0.2, 0.25) is 0 Å². The predicted molar refractivity (Wildman–Crippen MR) is 128 cm³/mol. The van der Waals surface area contributed by atoms with Crippen molar-refractivity contribution in [1.29, 1.82) is 0 Å². The molecule has 32 heavy (non-hydrogen) atoms. The fourth-order valence-corrected chi connectivity index (χ4v) is 6.16. The summed E-state index contributed by atoms with van der Waals surface area (Å²) in [6, 6.07) is 18.5. The zero-order valence-corrected chi connectivity index (χ0v) is 18.9. The first-order valence-corrected chi connectivity index (χ1v) is 12.3. The highest BCUT2D eigenvalue weighted by Crippen LogP contribution is 2.50. The Morgan fingerprint density at radius 3 is 2.44 bits per heavy atom. The third kappa shape index (κ3) is 3.54. The van der Waals surface area contributed by atoms with Gasteiger partial charge in [0, 0.05) is 11.6 Å². The molecular weight excluding hydrogens is 420 g/mol. The van der Waals surface area contributed by atoms with E-state index in [1.807, 2.05) is 50.2 Å². The summed E-state index contributed by atoms with van der Waals surface area (Å²) in [6.45, 7) is 3.80. The van der Waals surface area contributed by atoms with Crippen LogP contribution in [0.2, 0.25) is 0 Å². The molecule has 2 aliphatic rings. The highest BCUT2D eigenvalue weighted by molar-refractivity contribution is 7.92. The van der Waals surface area contributed by atoms with E-state index >= 15 is 0 Å². The van der Waals surface area contributed by atoms with Crippen molar-refractivity contribution in [1.82, 2.24) is 0 Å². The number of fused-ring (bicyclic) bond motifs is 3. The second-order valence-corrected chi connectivity index (χ2v) is 10.4. The van der Waals surface area contributed by atoms with Crippen LogP contribution in [0.25, 0.3) is 0 Å². The molecule has 0 spiro atoms. The van der Waals surface area contributed by atoms with Crippen LogP contribution in [-0.4, -0.2) is 13.5 Å². The van der Waals surface area contributed by atoms with Gasteiger partial charge in [-0.1, -0.05) is 42.5 Å². The molecule has 3 aromatic rings. The molecular formula is C26H26N2O3S. The van der Waals surface area contributed by atoms with Gasteiger partial charge in [-0.2, -0.15) is 0 Å². The average Bonchev–Trinajstić information content (AvgIpc) is 3.26. The van der Waals surface area contributed by atoms with Gasteiger partial charge in [0.1, 0.15) is 5.75 Å². The summed E-state index contributed by atoms with van der Waals surface area (Å²) in [5.41, 5.74) is 5.48. The zero-order chi connectivity index (χ0) is 22.5. The number of aromatic hydroxyl groups is 1. The fraction of sp³-hybridized carbons (Fsp3) is 0.231. The van der Waals surface area contributed by atoms with Crippen LogP contribution in [0.1, 0.15) is 40.6 Å². The number of para-hydroxylation sites is 1. The summed E-state index contributed by atoms with van der Waals surface area (Å²) in [6.07, 6.45) is 5.28. The van der Waals surface area contributed by atoms with E-state index in [1.165, 1.54) is 0 Å². The van der Waals surface area contributed by atoms with E-state index in [0.29, 0.717) is 5.69 Å². The smallest absolute Gasteiger partial charge is 0.261 e. The molecule has 1 aliphatic carbocycles. The van der Waals surface area contributed by atoms with E-state index in [9.17, 15) is 13.5 Å². The van der Waals surface area contributed by atoms with Crippen molar-refractivity contribution in [2.75, 3.05) is 10.0 Å². The Morgan fingerprint density at radius 1 is 1.00 bits per heavy atom. The number of hydrogen-bond acceptors (Lipinski definition) is 4. The number of nitrogens with one attached hydrogen (secondary N) is 2. The first-order valence-electron chi connectivity index (χ1n) is 10.8. The quantitative estimate of drug-likeness (QED) is 0.454. The average molecular weight is 447 g/mol. The number of sulfonamides is 1. The molecule has 164 valence electrons. The van der Waals surface area contributed by atoms with E-state index in [4.69, 9.17) is 0 Å². The molecule has 3 aromatic carbocycles. The van der Waals surface area contributed by atoms with Crippen LogP contribution in [-0.2, 0) is 10.0 Å². The van der Waals surface area contributed by atoms with E-state index in [0.717, 1.165) is 34.4 Å². The van der Waals surface area contributed by atoms with Crippen molar-refractivity contribution in [2.45, 2.75) is 37.1 Å². The third-order valence-corrected chi connectivity index (χ3v) is 7.96. The lowest BCUT2D eigenvalue weighted by atomic mass is 9.77. The summed E-state index contributed by atoms with van der Waals surface area (Å²) < 4.78 is 29.2. The summed E-state index contributed by atoms with van der Waals surface area (Å²) in [5.74, 6) is 0.675. The Bertz CT molecular complexity index is 1290. The van der Waals surface area contributed by atoms with Crippen molar-refractivity contribution in [3.8, 4) is 5.75 Å². The molecule has 3 unspecified atom stereocenters. The summed E-state index contributed by atoms with van der Waals surface area (Å²) in [7, 11) is -3.72. The van der Waals surface area contributed by atoms with Crippen molar-refractivity contribution >= 4 is 21.4 Å². The Hall–Kier alpha value is -3.25. The SMILES string of the molecule is Cc1cccc(C)c1NS(=O)(=O)c1ccc2c(c1)C1C=CCC1C(c1ccc(O)cc1)N2. The van der Waals surface area contributed by atoms with Gasteiger partial charge in [0.25, 0.3) is 10.0 Å². The molecule has 0 aromatic heterocycles. The minimum Gasteiger partial charge on any atom is -0.508 e. The molecule has 5 rings (SSSR count). The number of rotatable bonds is 4. The van der Waals surface area contributed by atoms with Crippen LogP contribution in [0, 0.1) is 19.8 Å². The fourth-order valence-electron chi connectivity index (χ4n) is 4.92. The Morgan fingerprint density at radius 2 is 1.72 bits per heavy atom. The second-order valence-electron chi connectivity index (χ2n) is 8.69. The van der Waals surface area contributed by atoms with E-state index in [2.05, 4.69) is 22.2 Å². The van der Waals surface area contributed by atoms with Crippen LogP contribution in [0.3, 0.4) is 0 Å². The number of phenolic OH excluding ortho intramolecular Hbond substituents is 1. The first kappa shape index (κ1) is 20.6. The largest absolute Gasteiger partial charge is 0.508 e. The third-order valence-electron chi connectivity index (χ3n) is 6.61. The molecule has 0 radical (unpaired) electrons. The zero-order valence-electron chi connectivity index (χ0n) is 18.0. The minimum atomic E-state index is -3.72. The highest BCUT2D eigenvalue weighted by atomic mass is 32.2. The molecule has 0 amide bonds. The standard InChI is InChI=1S/C26H26N2O3S/c1-16-5-3-6-17(2)25(16)28-32(30,31)20-13-14-24-23(15-20)21-7-4-8-22(21)26(27-24)18-9-11-19(29)12-10-18/h3-7,9-15,21-22,26-29H,8H2,1-2H3. The normalized spacial score (nSPS) is 21.5. The van der Waals surface area contributed by atoms with Gasteiger partial charge in [-0.05, 0) is 78.8 Å².